The zero-order chi connectivity index (χ0) is 24.9. The molecule has 6 rings (SSSR count). The molecule has 0 unspecified atom stereocenters. The minimum absolute atomic E-state index is 0.753. The zero-order valence-electron chi connectivity index (χ0n) is 20.5. The molecule has 0 fully saturated rings. The highest BCUT2D eigenvalue weighted by Crippen LogP contribution is 2.43. The summed E-state index contributed by atoms with van der Waals surface area (Å²) in [6.07, 6.45) is 0. The highest BCUT2D eigenvalue weighted by atomic mass is 31.1. The van der Waals surface area contributed by atoms with E-state index in [1.165, 1.54) is 49.3 Å². The number of benzene rings is 6. The van der Waals surface area contributed by atoms with Gasteiger partial charge in [0.15, 0.2) is 0 Å². The Balaban J connectivity index is 1.66. The van der Waals surface area contributed by atoms with Crippen LogP contribution in [0.5, 0.6) is 0 Å². The lowest BCUT2D eigenvalue weighted by atomic mass is 9.87. The van der Waals surface area contributed by atoms with E-state index in [9.17, 15) is 0 Å². The molecule has 0 heterocycles. The van der Waals surface area contributed by atoms with Crippen molar-refractivity contribution in [2.45, 2.75) is 0 Å². The maximum Gasteiger partial charge on any atom is -0.00202 e. The van der Waals surface area contributed by atoms with E-state index in [1.54, 1.807) is 0 Å². The van der Waals surface area contributed by atoms with E-state index >= 15 is 0 Å². The molecule has 0 aromatic heterocycles. The summed E-state index contributed by atoms with van der Waals surface area (Å²) in [5.74, 6) is 0. The van der Waals surface area contributed by atoms with E-state index in [-0.39, 0.29) is 0 Å². The van der Waals surface area contributed by atoms with Crippen molar-refractivity contribution in [2.24, 2.45) is 0 Å². The second-order valence-corrected chi connectivity index (χ2v) is 11.2. The van der Waals surface area contributed by atoms with E-state index in [2.05, 4.69) is 164 Å². The quantitative estimate of drug-likeness (QED) is 0.206. The van der Waals surface area contributed by atoms with Crippen LogP contribution in [0, 0.1) is 0 Å². The molecule has 0 amide bonds. The Kier molecular flexibility index (Phi) is 6.76. The van der Waals surface area contributed by atoms with Crippen LogP contribution in [0.25, 0.3) is 33.4 Å². The van der Waals surface area contributed by atoms with Gasteiger partial charge in [0.2, 0.25) is 0 Å². The van der Waals surface area contributed by atoms with Crippen LogP contribution in [0.4, 0.5) is 0 Å². The molecule has 0 aliphatic rings. The van der Waals surface area contributed by atoms with E-state index in [0.717, 1.165) is 0 Å². The average molecular weight is 491 g/mol. The molecule has 176 valence electrons. The lowest BCUT2D eigenvalue weighted by Crippen LogP contribution is -2.22. The molecule has 0 saturated heterocycles. The fourth-order valence-corrected chi connectivity index (χ4v) is 7.48. The third kappa shape index (κ3) is 4.77. The molecule has 0 aliphatic heterocycles. The van der Waals surface area contributed by atoms with Crippen LogP contribution in [-0.4, -0.2) is 0 Å². The Morgan fingerprint density at radius 1 is 0.297 bits per heavy atom. The van der Waals surface area contributed by atoms with Gasteiger partial charge in [-0.1, -0.05) is 164 Å². The minimum Gasteiger partial charge on any atom is -0.0622 e. The number of rotatable bonds is 6. The lowest BCUT2D eigenvalue weighted by molar-refractivity contribution is 1.57. The Morgan fingerprint density at radius 2 is 0.676 bits per heavy atom. The first kappa shape index (κ1) is 23.2. The van der Waals surface area contributed by atoms with Crippen molar-refractivity contribution in [1.82, 2.24) is 0 Å². The molecule has 0 N–H and O–H groups in total. The third-order valence-corrected chi connectivity index (χ3v) is 9.18. The van der Waals surface area contributed by atoms with Gasteiger partial charge in [-0.15, -0.1) is 0 Å². The van der Waals surface area contributed by atoms with Gasteiger partial charge in [0.05, 0.1) is 0 Å². The van der Waals surface area contributed by atoms with Crippen LogP contribution in [0.15, 0.2) is 164 Å². The highest BCUT2D eigenvalue weighted by Gasteiger charge is 2.23. The van der Waals surface area contributed by atoms with Crippen LogP contribution < -0.4 is 15.9 Å². The summed E-state index contributed by atoms with van der Waals surface area (Å²) >= 11 is 0. The summed E-state index contributed by atoms with van der Waals surface area (Å²) in [5.41, 5.74) is 7.55. The van der Waals surface area contributed by atoms with Crippen molar-refractivity contribution in [1.29, 1.82) is 0 Å². The third-order valence-electron chi connectivity index (χ3n) is 6.68. The van der Waals surface area contributed by atoms with Crippen molar-refractivity contribution in [3.05, 3.63) is 164 Å². The molecule has 0 spiro atoms. The van der Waals surface area contributed by atoms with Gasteiger partial charge < -0.3 is 0 Å². The molecule has 0 saturated carbocycles. The summed E-state index contributed by atoms with van der Waals surface area (Å²) in [4.78, 5) is 0. The first-order valence-electron chi connectivity index (χ1n) is 12.6. The van der Waals surface area contributed by atoms with Gasteiger partial charge in [-0.3, -0.25) is 0 Å². The SMILES string of the molecule is c1ccc(-c2cccc(-c3ccccc3)c2-c2ccccc2P(c2ccccc2)c2ccccc2)cc1. The van der Waals surface area contributed by atoms with Gasteiger partial charge in [-0.25, -0.2) is 0 Å². The smallest absolute Gasteiger partial charge is 0.00202 e. The van der Waals surface area contributed by atoms with Crippen LogP contribution >= 0.6 is 7.92 Å². The van der Waals surface area contributed by atoms with Crippen molar-refractivity contribution in [2.75, 3.05) is 0 Å². The summed E-state index contributed by atoms with van der Waals surface area (Å²) in [5, 5.41) is 4.08. The van der Waals surface area contributed by atoms with Gasteiger partial charge in [0.1, 0.15) is 0 Å². The molecular weight excluding hydrogens is 463 g/mol. The standard InChI is InChI=1S/C36H27P/c1-5-16-28(17-6-1)32-25-15-26-33(29-18-7-2-8-19-29)36(32)34-24-13-14-27-35(34)37(30-20-9-3-10-21-30)31-22-11-4-12-23-31/h1-27H. The second-order valence-electron chi connectivity index (χ2n) is 8.98. The molecule has 0 nitrogen and oxygen atoms in total. The van der Waals surface area contributed by atoms with Crippen molar-refractivity contribution in [3.8, 4) is 33.4 Å². The summed E-state index contributed by atoms with van der Waals surface area (Å²) in [7, 11) is -0.753. The summed E-state index contributed by atoms with van der Waals surface area (Å²) < 4.78 is 0. The van der Waals surface area contributed by atoms with Gasteiger partial charge in [0.25, 0.3) is 0 Å². The van der Waals surface area contributed by atoms with Gasteiger partial charge in [-0.2, -0.15) is 0 Å². The molecule has 6 aromatic rings. The summed E-state index contributed by atoms with van der Waals surface area (Å²) in [6, 6.07) is 59.2. The first-order chi connectivity index (χ1) is 18.4. The van der Waals surface area contributed by atoms with E-state index < -0.39 is 7.92 Å². The Hall–Kier alpha value is -4.25. The van der Waals surface area contributed by atoms with Crippen LogP contribution in [0.3, 0.4) is 0 Å². The van der Waals surface area contributed by atoms with Crippen molar-refractivity contribution in [3.63, 3.8) is 0 Å². The predicted molar refractivity (Wildman–Crippen MR) is 161 cm³/mol. The minimum atomic E-state index is -0.753. The fourth-order valence-electron chi connectivity index (χ4n) is 5.02. The zero-order valence-corrected chi connectivity index (χ0v) is 21.4. The molecule has 0 bridgehead atoms. The predicted octanol–water partition coefficient (Wildman–Crippen LogP) is 8.45. The molecule has 6 aromatic carbocycles. The average Bonchev–Trinajstić information content (AvgIpc) is 2.99. The van der Waals surface area contributed by atoms with E-state index in [0.29, 0.717) is 0 Å². The second kappa shape index (κ2) is 10.8. The van der Waals surface area contributed by atoms with Gasteiger partial charge in [0, 0.05) is 0 Å². The molecule has 0 atom stereocenters. The van der Waals surface area contributed by atoms with E-state index in [4.69, 9.17) is 0 Å². The Labute approximate surface area is 220 Å². The maximum absolute atomic E-state index is 2.33. The maximum atomic E-state index is 2.33. The highest BCUT2D eigenvalue weighted by molar-refractivity contribution is 7.80. The van der Waals surface area contributed by atoms with Crippen LogP contribution in [0.1, 0.15) is 0 Å². The van der Waals surface area contributed by atoms with Gasteiger partial charge in [-0.05, 0) is 57.2 Å². The van der Waals surface area contributed by atoms with Crippen LogP contribution in [-0.2, 0) is 0 Å². The molecule has 1 heteroatoms. The topological polar surface area (TPSA) is 0 Å². The molecule has 37 heavy (non-hydrogen) atoms. The summed E-state index contributed by atoms with van der Waals surface area (Å²) in [6.45, 7) is 0. The van der Waals surface area contributed by atoms with Crippen molar-refractivity contribution < 1.29 is 0 Å². The lowest BCUT2D eigenvalue weighted by Gasteiger charge is -2.25. The van der Waals surface area contributed by atoms with Crippen LogP contribution in [0.2, 0.25) is 0 Å². The number of hydrogen-bond donors (Lipinski definition) is 0. The molecular formula is C36H27P. The Morgan fingerprint density at radius 3 is 1.16 bits per heavy atom. The number of hydrogen-bond acceptors (Lipinski definition) is 0. The largest absolute Gasteiger partial charge is 0.0622 e. The Bertz CT molecular complexity index is 1490. The van der Waals surface area contributed by atoms with Gasteiger partial charge >= 0.3 is 0 Å². The molecule has 0 aliphatic carbocycles. The fraction of sp³-hybridized carbons (Fsp3) is 0. The van der Waals surface area contributed by atoms with Crippen molar-refractivity contribution >= 4 is 23.8 Å². The van der Waals surface area contributed by atoms with E-state index in [1.807, 2.05) is 0 Å². The normalized spacial score (nSPS) is 10.9. The molecule has 0 radical (unpaired) electrons. The monoisotopic (exact) mass is 490 g/mol. The first-order valence-corrected chi connectivity index (χ1v) is 14.0.